The molecule has 0 saturated carbocycles. The van der Waals surface area contributed by atoms with E-state index in [2.05, 4.69) is 16.1 Å². The van der Waals surface area contributed by atoms with Crippen molar-refractivity contribution in [1.82, 2.24) is 15.0 Å². The third-order valence-corrected chi connectivity index (χ3v) is 1.94. The molecular weight excluding hydrogens is 200 g/mol. The number of halogens is 2. The Morgan fingerprint density at radius 3 is 2.87 bits per heavy atom. The van der Waals surface area contributed by atoms with Crippen LogP contribution in [-0.4, -0.2) is 15.0 Å². The van der Waals surface area contributed by atoms with Gasteiger partial charge in [-0.25, -0.2) is 8.78 Å². The Balaban J connectivity index is 2.47. The summed E-state index contributed by atoms with van der Waals surface area (Å²) in [6, 6.07) is 2.41. The highest BCUT2D eigenvalue weighted by molar-refractivity contribution is 5.74. The van der Waals surface area contributed by atoms with Crippen LogP contribution in [0.2, 0.25) is 0 Å². The van der Waals surface area contributed by atoms with E-state index in [4.69, 9.17) is 6.42 Å². The number of terminal acetylenes is 1. The molecular formula is C10H7F2N3. The smallest absolute Gasteiger partial charge is 0.188 e. The Bertz CT molecular complexity index is 539. The largest absolute Gasteiger partial charge is 0.204 e. The van der Waals surface area contributed by atoms with E-state index in [0.717, 1.165) is 6.07 Å². The van der Waals surface area contributed by atoms with Gasteiger partial charge in [0.15, 0.2) is 17.2 Å². The van der Waals surface area contributed by atoms with Gasteiger partial charge in [-0.05, 0) is 12.1 Å². The molecule has 2 aromatic rings. The van der Waals surface area contributed by atoms with Gasteiger partial charge < -0.3 is 0 Å². The van der Waals surface area contributed by atoms with Crippen molar-refractivity contribution in [3.8, 4) is 12.3 Å². The zero-order chi connectivity index (χ0) is 10.8. The molecule has 5 heteroatoms. The molecule has 3 nitrogen and oxygen atoms in total. The lowest BCUT2D eigenvalue weighted by Crippen LogP contribution is -2.01. The van der Waals surface area contributed by atoms with Gasteiger partial charge in [0.1, 0.15) is 5.52 Å². The van der Waals surface area contributed by atoms with Crippen molar-refractivity contribution in [1.29, 1.82) is 0 Å². The van der Waals surface area contributed by atoms with E-state index in [0.29, 0.717) is 18.5 Å². The number of hydrogen-bond acceptors (Lipinski definition) is 2. The SMILES string of the molecule is C#CCCn1nc2ccc(F)c(F)c2n1. The van der Waals surface area contributed by atoms with Gasteiger partial charge in [-0.1, -0.05) is 0 Å². The highest BCUT2D eigenvalue weighted by Crippen LogP contribution is 2.16. The number of aromatic nitrogens is 3. The lowest BCUT2D eigenvalue weighted by Gasteiger charge is -1.91. The fraction of sp³-hybridized carbons (Fsp3) is 0.200. The number of hydrogen-bond donors (Lipinski definition) is 0. The van der Waals surface area contributed by atoms with E-state index >= 15 is 0 Å². The highest BCUT2D eigenvalue weighted by Gasteiger charge is 2.11. The van der Waals surface area contributed by atoms with Crippen molar-refractivity contribution in [2.24, 2.45) is 0 Å². The molecule has 0 aliphatic heterocycles. The van der Waals surface area contributed by atoms with E-state index < -0.39 is 11.6 Å². The molecule has 1 aromatic carbocycles. The predicted molar refractivity (Wildman–Crippen MR) is 50.9 cm³/mol. The summed E-state index contributed by atoms with van der Waals surface area (Å²) in [6.45, 7) is 0.395. The summed E-state index contributed by atoms with van der Waals surface area (Å²) >= 11 is 0. The molecule has 76 valence electrons. The molecule has 0 spiro atoms. The van der Waals surface area contributed by atoms with Gasteiger partial charge in [-0.2, -0.15) is 15.0 Å². The Morgan fingerprint density at radius 1 is 1.33 bits per heavy atom. The third-order valence-electron chi connectivity index (χ3n) is 1.94. The maximum atomic E-state index is 13.2. The summed E-state index contributed by atoms with van der Waals surface area (Å²) < 4.78 is 26.0. The van der Waals surface area contributed by atoms with Gasteiger partial charge >= 0.3 is 0 Å². The molecule has 0 saturated heterocycles. The molecule has 0 amide bonds. The minimum atomic E-state index is -0.973. The second-order valence-corrected chi connectivity index (χ2v) is 2.98. The maximum Gasteiger partial charge on any atom is 0.188 e. The van der Waals surface area contributed by atoms with Crippen molar-refractivity contribution in [3.63, 3.8) is 0 Å². The maximum absolute atomic E-state index is 13.2. The number of nitrogens with zero attached hydrogens (tertiary/aromatic N) is 3. The molecule has 0 aliphatic carbocycles. The summed E-state index contributed by atoms with van der Waals surface area (Å²) in [6.07, 6.45) is 5.52. The van der Waals surface area contributed by atoms with Crippen LogP contribution < -0.4 is 0 Å². The highest BCUT2D eigenvalue weighted by atomic mass is 19.2. The van der Waals surface area contributed by atoms with Crippen LogP contribution in [0.1, 0.15) is 6.42 Å². The fourth-order valence-electron chi connectivity index (χ4n) is 1.23. The fourth-order valence-corrected chi connectivity index (χ4v) is 1.23. The van der Waals surface area contributed by atoms with Gasteiger partial charge in [0.05, 0.1) is 6.54 Å². The van der Waals surface area contributed by atoms with Gasteiger partial charge in [0, 0.05) is 6.42 Å². The average Bonchev–Trinajstić information content (AvgIpc) is 2.64. The Labute approximate surface area is 84.7 Å². The molecule has 0 radical (unpaired) electrons. The Morgan fingerprint density at radius 2 is 2.13 bits per heavy atom. The topological polar surface area (TPSA) is 30.7 Å². The molecule has 1 aromatic heterocycles. The van der Waals surface area contributed by atoms with Crippen LogP contribution in [0.25, 0.3) is 11.0 Å². The number of rotatable bonds is 2. The second-order valence-electron chi connectivity index (χ2n) is 2.98. The van der Waals surface area contributed by atoms with Crippen LogP contribution >= 0.6 is 0 Å². The van der Waals surface area contributed by atoms with Crippen molar-refractivity contribution in [3.05, 3.63) is 23.8 Å². The summed E-state index contributed by atoms with van der Waals surface area (Å²) in [5, 5.41) is 7.76. The average molecular weight is 207 g/mol. The Kier molecular flexibility index (Phi) is 2.34. The standard InChI is InChI=1S/C10H7F2N3/c1-2-3-6-15-13-8-5-4-7(11)9(12)10(8)14-15/h1,4-5H,3,6H2. The predicted octanol–water partition coefficient (Wildman–Crippen LogP) is 1.73. The molecule has 2 rings (SSSR count). The van der Waals surface area contributed by atoms with E-state index in [-0.39, 0.29) is 5.52 Å². The number of benzene rings is 1. The monoisotopic (exact) mass is 207 g/mol. The lowest BCUT2D eigenvalue weighted by atomic mass is 10.3. The van der Waals surface area contributed by atoms with Crippen LogP contribution in [0.5, 0.6) is 0 Å². The van der Waals surface area contributed by atoms with Crippen LogP contribution in [0.4, 0.5) is 8.78 Å². The first-order chi connectivity index (χ1) is 7.22. The minimum absolute atomic E-state index is 0.0629. The summed E-state index contributed by atoms with van der Waals surface area (Å²) in [7, 11) is 0. The first-order valence-electron chi connectivity index (χ1n) is 4.34. The first kappa shape index (κ1) is 9.59. The van der Waals surface area contributed by atoms with Crippen LogP contribution in [0, 0.1) is 24.0 Å². The molecule has 15 heavy (non-hydrogen) atoms. The normalized spacial score (nSPS) is 10.5. The molecule has 0 unspecified atom stereocenters. The second kappa shape index (κ2) is 3.65. The van der Waals surface area contributed by atoms with E-state index in [1.165, 1.54) is 10.9 Å². The van der Waals surface area contributed by atoms with Crippen LogP contribution in [0.15, 0.2) is 12.1 Å². The number of aryl methyl sites for hydroxylation is 1. The molecule has 0 fully saturated rings. The molecule has 0 aliphatic rings. The van der Waals surface area contributed by atoms with E-state index in [1.807, 2.05) is 0 Å². The van der Waals surface area contributed by atoms with Gasteiger partial charge in [-0.15, -0.1) is 12.3 Å². The third kappa shape index (κ3) is 1.66. The molecule has 0 atom stereocenters. The quantitative estimate of drug-likeness (QED) is 0.702. The van der Waals surface area contributed by atoms with E-state index in [1.54, 1.807) is 0 Å². The van der Waals surface area contributed by atoms with Crippen molar-refractivity contribution < 1.29 is 8.78 Å². The van der Waals surface area contributed by atoms with Gasteiger partial charge in [0.2, 0.25) is 0 Å². The zero-order valence-corrected chi connectivity index (χ0v) is 7.74. The van der Waals surface area contributed by atoms with Crippen molar-refractivity contribution in [2.75, 3.05) is 0 Å². The van der Waals surface area contributed by atoms with Crippen molar-refractivity contribution >= 4 is 11.0 Å². The van der Waals surface area contributed by atoms with Gasteiger partial charge in [-0.3, -0.25) is 0 Å². The van der Waals surface area contributed by atoms with Crippen LogP contribution in [0.3, 0.4) is 0 Å². The molecule has 1 heterocycles. The zero-order valence-electron chi connectivity index (χ0n) is 7.74. The summed E-state index contributed by atoms with van der Waals surface area (Å²) in [5.74, 6) is 0.521. The van der Waals surface area contributed by atoms with Gasteiger partial charge in [0.25, 0.3) is 0 Å². The molecule has 0 bridgehead atoms. The van der Waals surface area contributed by atoms with Crippen molar-refractivity contribution in [2.45, 2.75) is 13.0 Å². The van der Waals surface area contributed by atoms with Crippen LogP contribution in [-0.2, 0) is 6.54 Å². The first-order valence-corrected chi connectivity index (χ1v) is 4.34. The lowest BCUT2D eigenvalue weighted by molar-refractivity contribution is 0.511. The number of fused-ring (bicyclic) bond motifs is 1. The Hall–Kier alpha value is -1.96. The summed E-state index contributed by atoms with van der Waals surface area (Å²) in [4.78, 5) is 1.27. The molecule has 0 N–H and O–H groups in total. The minimum Gasteiger partial charge on any atom is -0.204 e. The van der Waals surface area contributed by atoms with E-state index in [9.17, 15) is 8.78 Å². The summed E-state index contributed by atoms with van der Waals surface area (Å²) in [5.41, 5.74) is 0.262.